The van der Waals surface area contributed by atoms with Crippen LogP contribution in [0.15, 0.2) is 120 Å². The smallest absolute Gasteiger partial charge is 0.272 e. The monoisotopic (exact) mass is 701 g/mol. The lowest BCUT2D eigenvalue weighted by atomic mass is 10.1. The SMILES string of the molecule is COc1cc(O)ccc1/C=C(/NC(=O)c1ccccc1)C(=O)Nc1cccc(SC(C(=O)Nc2c(F)c(F)cc(F)c2F)c2ccccc2)c1. The van der Waals surface area contributed by atoms with Gasteiger partial charge in [-0.05, 0) is 54.1 Å². The lowest BCUT2D eigenvalue weighted by molar-refractivity contribution is -0.116. The van der Waals surface area contributed by atoms with Crippen molar-refractivity contribution in [2.45, 2.75) is 10.1 Å². The molecule has 13 heteroatoms. The number of ether oxygens (including phenoxy) is 1. The van der Waals surface area contributed by atoms with Crippen molar-refractivity contribution >= 4 is 46.9 Å². The lowest BCUT2D eigenvalue weighted by Crippen LogP contribution is -2.30. The Balaban J connectivity index is 1.43. The van der Waals surface area contributed by atoms with Crippen LogP contribution < -0.4 is 20.7 Å². The van der Waals surface area contributed by atoms with Gasteiger partial charge in [-0.1, -0.05) is 54.6 Å². The average molecular weight is 702 g/mol. The third-order valence-corrected chi connectivity index (χ3v) is 8.34. The molecular weight excluding hydrogens is 674 g/mol. The molecule has 1 unspecified atom stereocenters. The molecule has 5 aromatic carbocycles. The van der Waals surface area contributed by atoms with E-state index < -0.39 is 51.9 Å². The first kappa shape index (κ1) is 35.2. The van der Waals surface area contributed by atoms with Crippen molar-refractivity contribution in [2.24, 2.45) is 0 Å². The van der Waals surface area contributed by atoms with Gasteiger partial charge >= 0.3 is 0 Å². The molecule has 5 rings (SSSR count). The van der Waals surface area contributed by atoms with Crippen LogP contribution in [-0.2, 0) is 9.59 Å². The summed E-state index contributed by atoms with van der Waals surface area (Å²) in [5.74, 6) is -9.00. The quantitative estimate of drug-likeness (QED) is 0.0483. The minimum atomic E-state index is -1.76. The molecule has 0 fully saturated rings. The molecule has 0 heterocycles. The third kappa shape index (κ3) is 8.49. The Morgan fingerprint density at radius 3 is 2.10 bits per heavy atom. The van der Waals surface area contributed by atoms with Crippen LogP contribution in [0.2, 0.25) is 0 Å². The highest BCUT2D eigenvalue weighted by Crippen LogP contribution is 2.38. The maximum atomic E-state index is 14.4. The Labute approximate surface area is 287 Å². The predicted molar refractivity (Wildman–Crippen MR) is 182 cm³/mol. The molecule has 0 saturated heterocycles. The van der Waals surface area contributed by atoms with Gasteiger partial charge in [0.15, 0.2) is 23.3 Å². The average Bonchev–Trinajstić information content (AvgIpc) is 3.12. The zero-order chi connectivity index (χ0) is 35.8. The number of benzene rings is 5. The van der Waals surface area contributed by atoms with Gasteiger partial charge in [-0.15, -0.1) is 11.8 Å². The van der Waals surface area contributed by atoms with E-state index in [1.54, 1.807) is 78.9 Å². The first-order chi connectivity index (χ1) is 24.0. The maximum absolute atomic E-state index is 14.4. The van der Waals surface area contributed by atoms with E-state index in [9.17, 15) is 37.1 Å². The Kier molecular flexibility index (Phi) is 11.2. The number of anilines is 2. The minimum Gasteiger partial charge on any atom is -0.508 e. The summed E-state index contributed by atoms with van der Waals surface area (Å²) in [4.78, 5) is 40.5. The fraction of sp³-hybridized carbons (Fsp3) is 0.0541. The largest absolute Gasteiger partial charge is 0.508 e. The number of phenols is 1. The molecule has 5 aromatic rings. The number of rotatable bonds is 11. The van der Waals surface area contributed by atoms with Gasteiger partial charge < -0.3 is 25.8 Å². The van der Waals surface area contributed by atoms with E-state index >= 15 is 0 Å². The van der Waals surface area contributed by atoms with Crippen molar-refractivity contribution in [2.75, 3.05) is 17.7 Å². The number of amides is 3. The molecule has 0 aliphatic carbocycles. The van der Waals surface area contributed by atoms with Gasteiger partial charge in [0.2, 0.25) is 5.91 Å². The van der Waals surface area contributed by atoms with Crippen molar-refractivity contribution in [3.8, 4) is 11.5 Å². The van der Waals surface area contributed by atoms with Crippen molar-refractivity contribution in [1.29, 1.82) is 0 Å². The highest BCUT2D eigenvalue weighted by Gasteiger charge is 2.27. The summed E-state index contributed by atoms with van der Waals surface area (Å²) < 4.78 is 61.9. The van der Waals surface area contributed by atoms with Gasteiger partial charge in [-0.3, -0.25) is 14.4 Å². The van der Waals surface area contributed by atoms with Gasteiger partial charge in [0.05, 0.1) is 7.11 Å². The second-order valence-electron chi connectivity index (χ2n) is 10.5. The van der Waals surface area contributed by atoms with E-state index in [2.05, 4.69) is 10.6 Å². The number of halogens is 4. The molecule has 0 spiro atoms. The molecule has 50 heavy (non-hydrogen) atoms. The van der Waals surface area contributed by atoms with Crippen LogP contribution in [0.4, 0.5) is 28.9 Å². The maximum Gasteiger partial charge on any atom is 0.272 e. The molecule has 0 radical (unpaired) electrons. The fourth-order valence-electron chi connectivity index (χ4n) is 4.67. The second-order valence-corrected chi connectivity index (χ2v) is 11.7. The number of hydrogen-bond acceptors (Lipinski definition) is 6. The molecule has 0 bridgehead atoms. The van der Waals surface area contributed by atoms with Gasteiger partial charge in [-0.2, -0.15) is 0 Å². The molecular formula is C37H27F4N3O5S. The van der Waals surface area contributed by atoms with Gasteiger partial charge in [0.25, 0.3) is 11.8 Å². The molecule has 0 aliphatic rings. The molecule has 254 valence electrons. The number of hydrogen-bond donors (Lipinski definition) is 4. The van der Waals surface area contributed by atoms with Crippen LogP contribution >= 0.6 is 11.8 Å². The second kappa shape index (κ2) is 15.9. The van der Waals surface area contributed by atoms with Gasteiger partial charge in [0, 0.05) is 33.8 Å². The fourth-order valence-corrected chi connectivity index (χ4v) is 5.75. The van der Waals surface area contributed by atoms with Crippen molar-refractivity contribution in [3.05, 3.63) is 155 Å². The predicted octanol–water partition coefficient (Wildman–Crippen LogP) is 7.84. The number of methoxy groups -OCH3 is 1. The standard InChI is InChI=1S/C37H27F4N3O5S/c1-49-30-19-25(45)16-15-23(30)17-29(43-35(46)22-11-6-3-7-12-22)36(47)42-24-13-8-14-26(18-24)50-34(21-9-4-2-5-10-21)37(48)44-33-31(40)27(38)20-28(39)32(33)41/h2-20,34,45H,1H3,(H,42,47)(H,43,46)(H,44,48)/b29-17+. The summed E-state index contributed by atoms with van der Waals surface area (Å²) in [6.45, 7) is 0. The van der Waals surface area contributed by atoms with E-state index in [0.717, 1.165) is 11.8 Å². The minimum absolute atomic E-state index is 0.0401. The number of carbonyl (C=O) groups is 3. The Morgan fingerprint density at radius 2 is 1.44 bits per heavy atom. The van der Waals surface area contributed by atoms with E-state index in [1.807, 2.05) is 5.32 Å². The van der Waals surface area contributed by atoms with Crippen molar-refractivity contribution in [3.63, 3.8) is 0 Å². The first-order valence-corrected chi connectivity index (χ1v) is 15.6. The van der Waals surface area contributed by atoms with Crippen LogP contribution in [-0.4, -0.2) is 29.9 Å². The molecule has 8 nitrogen and oxygen atoms in total. The summed E-state index contributed by atoms with van der Waals surface area (Å²) in [6, 6.07) is 26.9. The van der Waals surface area contributed by atoms with E-state index in [1.165, 1.54) is 37.5 Å². The summed E-state index contributed by atoms with van der Waals surface area (Å²) in [5.41, 5.74) is -0.136. The Hall–Kier alpha value is -6.08. The van der Waals surface area contributed by atoms with Crippen LogP contribution in [0.1, 0.15) is 26.7 Å². The number of nitrogens with one attached hydrogen (secondary N) is 3. The summed E-state index contributed by atoms with van der Waals surface area (Å²) >= 11 is 0.935. The zero-order valence-corrected chi connectivity index (χ0v) is 26.9. The lowest BCUT2D eigenvalue weighted by Gasteiger charge is -2.18. The van der Waals surface area contributed by atoms with Crippen LogP contribution in [0.5, 0.6) is 11.5 Å². The number of phenolic OH excluding ortho intramolecular Hbond substituents is 1. The summed E-state index contributed by atoms with van der Waals surface area (Å²) in [6.07, 6.45) is 1.37. The zero-order valence-electron chi connectivity index (χ0n) is 26.0. The molecule has 4 N–H and O–H groups in total. The topological polar surface area (TPSA) is 117 Å². The van der Waals surface area contributed by atoms with E-state index in [4.69, 9.17) is 4.74 Å². The molecule has 0 aliphatic heterocycles. The molecule has 0 aromatic heterocycles. The first-order valence-electron chi connectivity index (χ1n) is 14.8. The Morgan fingerprint density at radius 1 is 0.780 bits per heavy atom. The van der Waals surface area contributed by atoms with E-state index in [0.29, 0.717) is 16.0 Å². The van der Waals surface area contributed by atoms with Crippen molar-refractivity contribution in [1.82, 2.24) is 5.32 Å². The molecule has 0 saturated carbocycles. The van der Waals surface area contributed by atoms with Crippen LogP contribution in [0, 0.1) is 23.3 Å². The normalized spacial score (nSPS) is 11.7. The van der Waals surface area contributed by atoms with Crippen LogP contribution in [0.3, 0.4) is 0 Å². The van der Waals surface area contributed by atoms with Crippen molar-refractivity contribution < 1.29 is 41.8 Å². The highest BCUT2D eigenvalue weighted by atomic mass is 32.2. The third-order valence-electron chi connectivity index (χ3n) is 7.09. The van der Waals surface area contributed by atoms with Gasteiger partial charge in [-0.25, -0.2) is 17.6 Å². The van der Waals surface area contributed by atoms with Crippen LogP contribution in [0.25, 0.3) is 6.08 Å². The number of carbonyl (C=O) groups excluding carboxylic acids is 3. The Bertz CT molecular complexity index is 2060. The highest BCUT2D eigenvalue weighted by molar-refractivity contribution is 8.00. The summed E-state index contributed by atoms with van der Waals surface area (Å²) in [5, 5.41) is 16.0. The summed E-state index contributed by atoms with van der Waals surface area (Å²) in [7, 11) is 1.38. The molecule has 1 atom stereocenters. The van der Waals surface area contributed by atoms with E-state index in [-0.39, 0.29) is 34.5 Å². The van der Waals surface area contributed by atoms with Gasteiger partial charge in [0.1, 0.15) is 28.1 Å². The number of aromatic hydroxyl groups is 1. The molecule has 3 amide bonds. The number of thioether (sulfide) groups is 1.